The average molecular weight is 225 g/mol. The van der Waals surface area contributed by atoms with E-state index < -0.39 is 0 Å². The molecule has 0 spiro atoms. The number of anilines is 1. The summed E-state index contributed by atoms with van der Waals surface area (Å²) in [6.07, 6.45) is 5.40. The fourth-order valence-corrected chi connectivity index (χ4v) is 1.67. The van der Waals surface area contributed by atoms with Gasteiger partial charge in [0.25, 0.3) is 0 Å². The third kappa shape index (κ3) is 1.71. The molecular formula is C12H11N5. The Morgan fingerprint density at radius 1 is 1.24 bits per heavy atom. The van der Waals surface area contributed by atoms with Crippen LogP contribution >= 0.6 is 0 Å². The van der Waals surface area contributed by atoms with Crippen LogP contribution in [0.1, 0.15) is 0 Å². The minimum Gasteiger partial charge on any atom is -0.372 e. The minimum absolute atomic E-state index is 0.806. The monoisotopic (exact) mass is 225 g/mol. The molecule has 3 heterocycles. The molecule has 0 aliphatic rings. The zero-order chi connectivity index (χ0) is 11.7. The van der Waals surface area contributed by atoms with Gasteiger partial charge in [0.05, 0.1) is 11.9 Å². The van der Waals surface area contributed by atoms with E-state index in [1.165, 1.54) is 0 Å². The van der Waals surface area contributed by atoms with Crippen molar-refractivity contribution in [1.82, 2.24) is 19.6 Å². The number of fused-ring (bicyclic) bond motifs is 1. The minimum atomic E-state index is 0.806. The first-order chi connectivity index (χ1) is 8.36. The van der Waals surface area contributed by atoms with Gasteiger partial charge in [-0.05, 0) is 24.3 Å². The Bertz CT molecular complexity index is 644. The molecule has 0 fully saturated rings. The van der Waals surface area contributed by atoms with E-state index in [0.717, 1.165) is 22.7 Å². The first-order valence-electron chi connectivity index (χ1n) is 5.31. The van der Waals surface area contributed by atoms with Crippen LogP contribution in [0.4, 0.5) is 5.82 Å². The molecule has 0 atom stereocenters. The van der Waals surface area contributed by atoms with Crippen molar-refractivity contribution in [3.8, 4) is 11.3 Å². The van der Waals surface area contributed by atoms with Crippen molar-refractivity contribution in [3.63, 3.8) is 0 Å². The summed E-state index contributed by atoms with van der Waals surface area (Å²) in [7, 11) is 1.84. The summed E-state index contributed by atoms with van der Waals surface area (Å²) in [5.41, 5.74) is 2.70. The third-order valence-corrected chi connectivity index (χ3v) is 2.53. The SMILES string of the molecule is CNc1cn2nc(-c3cccnc3)ccc2n1. The average Bonchev–Trinajstić information content (AvgIpc) is 2.81. The van der Waals surface area contributed by atoms with Crippen molar-refractivity contribution in [3.05, 3.63) is 42.9 Å². The lowest BCUT2D eigenvalue weighted by Gasteiger charge is -1.99. The molecule has 0 saturated carbocycles. The Morgan fingerprint density at radius 3 is 2.94 bits per heavy atom. The van der Waals surface area contributed by atoms with Crippen LogP contribution in [0.2, 0.25) is 0 Å². The summed E-state index contributed by atoms with van der Waals surface area (Å²) < 4.78 is 1.76. The summed E-state index contributed by atoms with van der Waals surface area (Å²) in [5.74, 6) is 0.806. The molecule has 0 amide bonds. The maximum atomic E-state index is 4.49. The molecule has 3 aromatic rings. The molecule has 1 N–H and O–H groups in total. The quantitative estimate of drug-likeness (QED) is 0.723. The Morgan fingerprint density at radius 2 is 2.18 bits per heavy atom. The van der Waals surface area contributed by atoms with E-state index in [2.05, 4.69) is 20.4 Å². The molecule has 5 heteroatoms. The van der Waals surface area contributed by atoms with Crippen LogP contribution in [0, 0.1) is 0 Å². The van der Waals surface area contributed by atoms with Gasteiger partial charge in [-0.1, -0.05) is 0 Å². The summed E-state index contributed by atoms with van der Waals surface area (Å²) >= 11 is 0. The highest BCUT2D eigenvalue weighted by atomic mass is 15.3. The topological polar surface area (TPSA) is 55.1 Å². The first-order valence-corrected chi connectivity index (χ1v) is 5.31. The number of nitrogens with one attached hydrogen (secondary N) is 1. The molecule has 0 aromatic carbocycles. The molecule has 0 saturated heterocycles. The molecule has 17 heavy (non-hydrogen) atoms. The van der Waals surface area contributed by atoms with Gasteiger partial charge >= 0.3 is 0 Å². The number of imidazole rings is 1. The van der Waals surface area contributed by atoms with E-state index in [0.29, 0.717) is 0 Å². The molecule has 0 bridgehead atoms. The van der Waals surface area contributed by atoms with Crippen molar-refractivity contribution >= 4 is 11.5 Å². The van der Waals surface area contributed by atoms with Gasteiger partial charge in [0.1, 0.15) is 5.82 Å². The number of pyridine rings is 1. The molecule has 0 unspecified atom stereocenters. The smallest absolute Gasteiger partial charge is 0.156 e. The van der Waals surface area contributed by atoms with Crippen molar-refractivity contribution < 1.29 is 0 Å². The predicted octanol–water partition coefficient (Wildman–Crippen LogP) is 1.83. The maximum Gasteiger partial charge on any atom is 0.156 e. The van der Waals surface area contributed by atoms with Crippen LogP contribution in [0.3, 0.4) is 0 Å². The normalized spacial score (nSPS) is 10.6. The van der Waals surface area contributed by atoms with Crippen molar-refractivity contribution in [2.24, 2.45) is 0 Å². The number of hydrogen-bond acceptors (Lipinski definition) is 4. The van der Waals surface area contributed by atoms with E-state index in [-0.39, 0.29) is 0 Å². The van der Waals surface area contributed by atoms with E-state index in [1.807, 2.05) is 37.5 Å². The first kappa shape index (κ1) is 9.77. The van der Waals surface area contributed by atoms with Crippen LogP contribution in [-0.2, 0) is 0 Å². The van der Waals surface area contributed by atoms with E-state index >= 15 is 0 Å². The molecule has 0 aliphatic carbocycles. The lowest BCUT2D eigenvalue weighted by Crippen LogP contribution is -1.93. The van der Waals surface area contributed by atoms with Gasteiger partial charge in [-0.15, -0.1) is 0 Å². The second-order valence-electron chi connectivity index (χ2n) is 3.64. The number of hydrogen-bond donors (Lipinski definition) is 1. The van der Waals surface area contributed by atoms with Gasteiger partial charge in [-0.3, -0.25) is 4.98 Å². The fourth-order valence-electron chi connectivity index (χ4n) is 1.67. The van der Waals surface area contributed by atoms with Gasteiger partial charge in [-0.25, -0.2) is 9.50 Å². The molecule has 0 aliphatic heterocycles. The molecular weight excluding hydrogens is 214 g/mol. The maximum absolute atomic E-state index is 4.49. The second-order valence-corrected chi connectivity index (χ2v) is 3.64. The predicted molar refractivity (Wildman–Crippen MR) is 65.8 cm³/mol. The largest absolute Gasteiger partial charge is 0.372 e. The van der Waals surface area contributed by atoms with E-state index in [4.69, 9.17) is 0 Å². The Balaban J connectivity index is 2.13. The van der Waals surface area contributed by atoms with Crippen LogP contribution in [0.15, 0.2) is 42.9 Å². The van der Waals surface area contributed by atoms with Gasteiger partial charge in [0.15, 0.2) is 5.65 Å². The zero-order valence-electron chi connectivity index (χ0n) is 9.33. The molecule has 3 rings (SSSR count). The molecule has 3 aromatic heterocycles. The van der Waals surface area contributed by atoms with Gasteiger partial charge < -0.3 is 5.32 Å². The zero-order valence-corrected chi connectivity index (χ0v) is 9.33. The summed E-state index contributed by atoms with van der Waals surface area (Å²) in [6, 6.07) is 7.76. The van der Waals surface area contributed by atoms with Crippen molar-refractivity contribution in [2.45, 2.75) is 0 Å². The lowest BCUT2D eigenvalue weighted by molar-refractivity contribution is 0.942. The van der Waals surface area contributed by atoms with Gasteiger partial charge in [0, 0.05) is 25.0 Å². The summed E-state index contributed by atoms with van der Waals surface area (Å²) in [5, 5.41) is 7.48. The fraction of sp³-hybridized carbons (Fsp3) is 0.0833. The standard InChI is InChI=1S/C12H11N5/c1-13-11-8-17-12(15-11)5-4-10(16-17)9-3-2-6-14-7-9/h2-8,13H,1H3. The molecule has 5 nitrogen and oxygen atoms in total. The highest BCUT2D eigenvalue weighted by molar-refractivity contribution is 5.59. The van der Waals surface area contributed by atoms with Gasteiger partial charge in [-0.2, -0.15) is 5.10 Å². The van der Waals surface area contributed by atoms with Crippen LogP contribution < -0.4 is 5.32 Å². The van der Waals surface area contributed by atoms with Crippen molar-refractivity contribution in [1.29, 1.82) is 0 Å². The van der Waals surface area contributed by atoms with Gasteiger partial charge in [0.2, 0.25) is 0 Å². The third-order valence-electron chi connectivity index (χ3n) is 2.53. The van der Waals surface area contributed by atoms with Crippen molar-refractivity contribution in [2.75, 3.05) is 12.4 Å². The van der Waals surface area contributed by atoms with Crippen LogP contribution in [-0.4, -0.2) is 26.6 Å². The molecule has 0 radical (unpaired) electrons. The Hall–Kier alpha value is -2.43. The molecule has 84 valence electrons. The number of nitrogens with zero attached hydrogens (tertiary/aromatic N) is 4. The Kier molecular flexibility index (Phi) is 2.22. The van der Waals surface area contributed by atoms with E-state index in [1.54, 1.807) is 16.9 Å². The lowest BCUT2D eigenvalue weighted by atomic mass is 10.2. The Labute approximate surface area is 98.1 Å². The number of rotatable bonds is 2. The highest BCUT2D eigenvalue weighted by Crippen LogP contribution is 2.16. The van der Waals surface area contributed by atoms with Crippen LogP contribution in [0.5, 0.6) is 0 Å². The van der Waals surface area contributed by atoms with Crippen LogP contribution in [0.25, 0.3) is 16.9 Å². The highest BCUT2D eigenvalue weighted by Gasteiger charge is 2.03. The van der Waals surface area contributed by atoms with E-state index in [9.17, 15) is 0 Å². The summed E-state index contributed by atoms with van der Waals surface area (Å²) in [4.78, 5) is 8.42. The number of aromatic nitrogens is 4. The second kappa shape index (κ2) is 3.86. The summed E-state index contributed by atoms with van der Waals surface area (Å²) in [6.45, 7) is 0.